The number of ether oxygens (including phenoxy) is 1. The summed E-state index contributed by atoms with van der Waals surface area (Å²) in [5, 5.41) is 2.85. The van der Waals surface area contributed by atoms with Gasteiger partial charge in [0.05, 0.1) is 6.10 Å². The Morgan fingerprint density at radius 1 is 1.28 bits per heavy atom. The molecule has 0 aliphatic carbocycles. The number of amides is 2. The number of piperazine rings is 1. The van der Waals surface area contributed by atoms with E-state index < -0.39 is 6.10 Å². The van der Waals surface area contributed by atoms with Gasteiger partial charge in [0.15, 0.2) is 0 Å². The Kier molecular flexibility index (Phi) is 4.21. The van der Waals surface area contributed by atoms with Gasteiger partial charge in [-0.3, -0.25) is 14.6 Å². The number of carbonyl (C=O) groups excluding carboxylic acids is 2. The molecule has 2 amide bonds. The van der Waals surface area contributed by atoms with Crippen molar-refractivity contribution in [1.29, 1.82) is 0 Å². The molecule has 134 valence electrons. The number of likely N-dealkylation sites (N-methyl/N-ethyl adjacent to an activating group) is 1. The first kappa shape index (κ1) is 16.5. The van der Waals surface area contributed by atoms with Gasteiger partial charge >= 0.3 is 0 Å². The molecule has 1 aromatic heterocycles. The average Bonchev–Trinajstić information content (AvgIpc) is 3.01. The zero-order valence-electron chi connectivity index (χ0n) is 14.6. The predicted octanol–water partition coefficient (Wildman–Crippen LogP) is 1.12. The molecule has 4 unspecified atom stereocenters. The van der Waals surface area contributed by atoms with Crippen LogP contribution >= 0.6 is 0 Å². The number of piperidine rings is 1. The van der Waals surface area contributed by atoms with Crippen molar-refractivity contribution in [3.8, 4) is 0 Å². The monoisotopic (exact) mass is 344 g/mol. The van der Waals surface area contributed by atoms with Gasteiger partial charge < -0.3 is 19.9 Å². The molecule has 4 heterocycles. The summed E-state index contributed by atoms with van der Waals surface area (Å²) in [6, 6.07) is 3.93. The Bertz CT molecular complexity index is 683. The minimum absolute atomic E-state index is 0.0452. The largest absolute Gasteiger partial charge is 0.365 e. The smallest absolute Gasteiger partial charge is 0.273 e. The fourth-order valence-corrected chi connectivity index (χ4v) is 4.13. The van der Waals surface area contributed by atoms with Crippen LogP contribution in [0.3, 0.4) is 0 Å². The van der Waals surface area contributed by atoms with Crippen LogP contribution in [0, 0.1) is 0 Å². The van der Waals surface area contributed by atoms with E-state index in [1.165, 1.54) is 0 Å². The molecule has 1 N–H and O–H groups in total. The molecule has 0 radical (unpaired) electrons. The molecule has 3 aliphatic heterocycles. The first-order valence-corrected chi connectivity index (χ1v) is 8.95. The van der Waals surface area contributed by atoms with E-state index in [-0.39, 0.29) is 30.0 Å². The molecular formula is C18H24N4O3. The lowest BCUT2D eigenvalue weighted by molar-refractivity contribution is -0.126. The van der Waals surface area contributed by atoms with Gasteiger partial charge in [-0.05, 0) is 45.4 Å². The van der Waals surface area contributed by atoms with Crippen LogP contribution < -0.4 is 5.32 Å². The van der Waals surface area contributed by atoms with E-state index in [0.29, 0.717) is 11.4 Å². The second-order valence-corrected chi connectivity index (χ2v) is 7.41. The summed E-state index contributed by atoms with van der Waals surface area (Å²) in [5.41, 5.74) is 0.979. The quantitative estimate of drug-likeness (QED) is 0.889. The number of pyridine rings is 1. The van der Waals surface area contributed by atoms with Crippen LogP contribution in [0.5, 0.6) is 0 Å². The highest BCUT2D eigenvalue weighted by Crippen LogP contribution is 2.33. The molecule has 2 bridgehead atoms. The summed E-state index contributed by atoms with van der Waals surface area (Å²) in [6.07, 6.45) is 3.98. The molecule has 0 aromatic carbocycles. The van der Waals surface area contributed by atoms with E-state index in [4.69, 9.17) is 4.74 Å². The molecule has 7 heteroatoms. The first-order chi connectivity index (χ1) is 12.0. The summed E-state index contributed by atoms with van der Waals surface area (Å²) < 4.78 is 5.59. The van der Waals surface area contributed by atoms with Crippen molar-refractivity contribution in [2.24, 2.45) is 0 Å². The molecule has 0 saturated carbocycles. The van der Waals surface area contributed by atoms with Crippen LogP contribution in [0.25, 0.3) is 0 Å². The highest BCUT2D eigenvalue weighted by molar-refractivity contribution is 5.97. The second-order valence-electron chi connectivity index (χ2n) is 7.41. The number of fused-ring (bicyclic) bond motifs is 2. The normalized spacial score (nSPS) is 31.5. The first-order valence-electron chi connectivity index (χ1n) is 8.95. The third kappa shape index (κ3) is 3.14. The number of likely N-dealkylation sites (tertiary alicyclic amines) is 2. The van der Waals surface area contributed by atoms with Crippen molar-refractivity contribution >= 4 is 17.5 Å². The van der Waals surface area contributed by atoms with E-state index in [1.807, 2.05) is 11.8 Å². The molecule has 3 fully saturated rings. The van der Waals surface area contributed by atoms with E-state index in [9.17, 15) is 9.59 Å². The predicted molar refractivity (Wildman–Crippen MR) is 92.3 cm³/mol. The molecule has 25 heavy (non-hydrogen) atoms. The summed E-state index contributed by atoms with van der Waals surface area (Å²) in [4.78, 5) is 33.5. The van der Waals surface area contributed by atoms with Crippen molar-refractivity contribution in [3.05, 3.63) is 24.0 Å². The van der Waals surface area contributed by atoms with Crippen LogP contribution in [-0.4, -0.2) is 71.0 Å². The van der Waals surface area contributed by atoms with Crippen LogP contribution in [-0.2, 0) is 9.53 Å². The highest BCUT2D eigenvalue weighted by Gasteiger charge is 2.46. The molecule has 1 aromatic rings. The van der Waals surface area contributed by atoms with Crippen molar-refractivity contribution in [3.63, 3.8) is 0 Å². The van der Waals surface area contributed by atoms with Gasteiger partial charge in [-0.2, -0.15) is 0 Å². The molecule has 3 aliphatic rings. The van der Waals surface area contributed by atoms with Crippen LogP contribution in [0.4, 0.5) is 5.69 Å². The van der Waals surface area contributed by atoms with E-state index in [0.717, 1.165) is 32.4 Å². The fraction of sp³-hybridized carbons (Fsp3) is 0.611. The van der Waals surface area contributed by atoms with Crippen molar-refractivity contribution < 1.29 is 14.3 Å². The SMILES string of the molecule is CC1CCC(C(=O)Nc2ccnc(C(=O)N3C4CC3CN(C)C4)c2)O1. The lowest BCUT2D eigenvalue weighted by atomic mass is 9.87. The minimum Gasteiger partial charge on any atom is -0.365 e. The lowest BCUT2D eigenvalue weighted by Crippen LogP contribution is -2.69. The van der Waals surface area contributed by atoms with Crippen LogP contribution in [0.1, 0.15) is 36.7 Å². The van der Waals surface area contributed by atoms with E-state index >= 15 is 0 Å². The summed E-state index contributed by atoms with van der Waals surface area (Å²) in [7, 11) is 2.08. The zero-order valence-corrected chi connectivity index (χ0v) is 14.6. The van der Waals surface area contributed by atoms with Crippen LogP contribution in [0.15, 0.2) is 18.3 Å². The van der Waals surface area contributed by atoms with Crippen molar-refractivity contribution in [2.45, 2.75) is 50.5 Å². The molecule has 0 spiro atoms. The van der Waals surface area contributed by atoms with Gasteiger partial charge in [-0.15, -0.1) is 0 Å². The Morgan fingerprint density at radius 2 is 2.04 bits per heavy atom. The average molecular weight is 344 g/mol. The lowest BCUT2D eigenvalue weighted by Gasteiger charge is -2.55. The number of anilines is 1. The number of hydrogen-bond donors (Lipinski definition) is 1. The maximum absolute atomic E-state index is 12.8. The number of rotatable bonds is 3. The topological polar surface area (TPSA) is 74.8 Å². The van der Waals surface area contributed by atoms with E-state index in [2.05, 4.69) is 22.2 Å². The number of carbonyl (C=O) groups is 2. The van der Waals surface area contributed by atoms with E-state index in [1.54, 1.807) is 18.3 Å². The second kappa shape index (κ2) is 6.38. The number of hydrogen-bond acceptors (Lipinski definition) is 5. The fourth-order valence-electron chi connectivity index (χ4n) is 4.13. The number of aromatic nitrogens is 1. The highest BCUT2D eigenvalue weighted by atomic mass is 16.5. The van der Waals surface area contributed by atoms with Crippen molar-refractivity contribution in [1.82, 2.24) is 14.8 Å². The number of nitrogens with zero attached hydrogens (tertiary/aromatic N) is 3. The van der Waals surface area contributed by atoms with Crippen molar-refractivity contribution in [2.75, 3.05) is 25.5 Å². The molecular weight excluding hydrogens is 320 g/mol. The molecule has 4 rings (SSSR count). The zero-order chi connectivity index (χ0) is 17.6. The van der Waals surface area contributed by atoms with Crippen LogP contribution in [0.2, 0.25) is 0 Å². The standard InChI is InChI=1S/C18H24N4O3/c1-11-3-4-16(25-11)17(23)20-12-5-6-19-15(7-12)18(24)22-13-8-14(22)10-21(2)9-13/h5-7,11,13-14,16H,3-4,8-10H2,1-2H3,(H,19,20,23). The third-order valence-corrected chi connectivity index (χ3v) is 5.38. The Labute approximate surface area is 147 Å². The van der Waals surface area contributed by atoms with Gasteiger partial charge in [0.1, 0.15) is 11.8 Å². The Morgan fingerprint density at radius 3 is 2.72 bits per heavy atom. The third-order valence-electron chi connectivity index (χ3n) is 5.38. The maximum atomic E-state index is 12.8. The number of nitrogens with one attached hydrogen (secondary N) is 1. The van der Waals surface area contributed by atoms with Gasteiger partial charge in [0.25, 0.3) is 11.8 Å². The summed E-state index contributed by atoms with van der Waals surface area (Å²) >= 11 is 0. The summed E-state index contributed by atoms with van der Waals surface area (Å²) in [6.45, 7) is 3.80. The molecule has 7 nitrogen and oxygen atoms in total. The summed E-state index contributed by atoms with van der Waals surface area (Å²) in [5.74, 6) is -0.201. The molecule has 4 atom stereocenters. The maximum Gasteiger partial charge on any atom is 0.273 e. The van der Waals surface area contributed by atoms with Gasteiger partial charge in [0, 0.05) is 37.1 Å². The van der Waals surface area contributed by atoms with Gasteiger partial charge in [-0.1, -0.05) is 0 Å². The Balaban J connectivity index is 1.43. The minimum atomic E-state index is -0.410. The van der Waals surface area contributed by atoms with Gasteiger partial charge in [0.2, 0.25) is 0 Å². The molecule has 3 saturated heterocycles. The van der Waals surface area contributed by atoms with Gasteiger partial charge in [-0.25, -0.2) is 0 Å². The Hall–Kier alpha value is -1.99.